The van der Waals surface area contributed by atoms with Crippen LogP contribution in [0.15, 0.2) is 0 Å². The van der Waals surface area contributed by atoms with Crippen molar-refractivity contribution in [3.8, 4) is 6.07 Å². The monoisotopic (exact) mass is 201 g/mol. The molecule has 0 N–H and O–H groups in total. The van der Waals surface area contributed by atoms with Crippen LogP contribution in [0.1, 0.15) is 13.8 Å². The quantitative estimate of drug-likeness (QED) is 0.494. The first-order chi connectivity index (χ1) is 5.18. The summed E-state index contributed by atoms with van der Waals surface area (Å²) >= 11 is 0. The van der Waals surface area contributed by atoms with Gasteiger partial charge >= 0.3 is 37.2 Å². The van der Waals surface area contributed by atoms with Gasteiger partial charge in [-0.25, -0.2) is 0 Å². The second-order valence-electron chi connectivity index (χ2n) is 1.76. The van der Waals surface area contributed by atoms with Crippen molar-refractivity contribution in [2.75, 3.05) is 19.4 Å². The van der Waals surface area contributed by atoms with Gasteiger partial charge in [0.25, 0.3) is 0 Å². The fourth-order valence-corrected chi connectivity index (χ4v) is 1.83. The Hall–Kier alpha value is 0.640. The first kappa shape index (κ1) is 15.1. The van der Waals surface area contributed by atoms with Gasteiger partial charge in [0.15, 0.2) is 0 Å². The van der Waals surface area contributed by atoms with E-state index in [-0.39, 0.29) is 35.7 Å². The maximum absolute atomic E-state index is 11.3. The van der Waals surface area contributed by atoms with Crippen molar-refractivity contribution in [2.45, 2.75) is 13.8 Å². The molecular weight excluding hydrogens is 188 g/mol. The molecule has 0 aliphatic carbocycles. The minimum absolute atomic E-state index is 0. The Labute approximate surface area is 95.1 Å². The van der Waals surface area contributed by atoms with Crippen LogP contribution in [0.4, 0.5) is 0 Å². The Kier molecular flexibility index (Phi) is 10.4. The molecule has 0 bridgehead atoms. The summed E-state index contributed by atoms with van der Waals surface area (Å²) in [6.45, 7) is 4.03. The van der Waals surface area contributed by atoms with Crippen LogP contribution in [0.3, 0.4) is 0 Å². The molecule has 4 nitrogen and oxygen atoms in total. The first-order valence-corrected chi connectivity index (χ1v) is 5.16. The third-order valence-electron chi connectivity index (χ3n) is 0.916. The third kappa shape index (κ3) is 6.19. The van der Waals surface area contributed by atoms with Gasteiger partial charge in [-0.15, -0.1) is 0 Å². The minimum atomic E-state index is -3.08. The summed E-state index contributed by atoms with van der Waals surface area (Å²) in [6.07, 6.45) is -0.172. The Bertz CT molecular complexity index is 182. The van der Waals surface area contributed by atoms with E-state index in [1.54, 1.807) is 19.9 Å². The topological polar surface area (TPSA) is 59.3 Å². The molecule has 0 aliphatic heterocycles. The molecule has 66 valence electrons. The molecule has 0 aliphatic rings. The van der Waals surface area contributed by atoms with Gasteiger partial charge in [-0.1, -0.05) is 0 Å². The fourth-order valence-electron chi connectivity index (χ4n) is 0.609. The molecule has 0 saturated carbocycles. The van der Waals surface area contributed by atoms with E-state index in [1.807, 2.05) is 0 Å². The van der Waals surface area contributed by atoms with Gasteiger partial charge in [0.2, 0.25) is 0 Å². The van der Waals surface area contributed by atoms with Crippen LogP contribution < -0.4 is 0 Å². The Morgan fingerprint density at radius 2 is 1.75 bits per heavy atom. The zero-order valence-electron chi connectivity index (χ0n) is 6.74. The van der Waals surface area contributed by atoms with Crippen LogP contribution in [0.2, 0.25) is 0 Å². The Morgan fingerprint density at radius 1 is 1.33 bits per heavy atom. The number of rotatable bonds is 5. The number of hydrogen-bond acceptors (Lipinski definition) is 4. The van der Waals surface area contributed by atoms with Gasteiger partial charge in [0.1, 0.15) is 6.16 Å². The molecule has 6 heteroatoms. The van der Waals surface area contributed by atoms with Crippen molar-refractivity contribution in [3.05, 3.63) is 0 Å². The summed E-state index contributed by atoms with van der Waals surface area (Å²) in [7, 11) is -3.08. The molecule has 0 unspecified atom stereocenters. The van der Waals surface area contributed by atoms with Crippen LogP contribution >= 0.6 is 7.60 Å². The molecular formula is C6H13NNaO3P. The SMILES string of the molecule is CCOP(=O)(CC#N)OCC.[NaH]. The maximum atomic E-state index is 11.3. The Morgan fingerprint density at radius 3 is 2.00 bits per heavy atom. The zero-order valence-corrected chi connectivity index (χ0v) is 7.63. The summed E-state index contributed by atoms with van der Waals surface area (Å²) in [6, 6.07) is 1.76. The van der Waals surface area contributed by atoms with Gasteiger partial charge in [-0.05, 0) is 13.8 Å². The second-order valence-corrected chi connectivity index (χ2v) is 3.82. The number of hydrogen-bond donors (Lipinski definition) is 0. The van der Waals surface area contributed by atoms with E-state index in [0.29, 0.717) is 13.2 Å². The van der Waals surface area contributed by atoms with Gasteiger partial charge < -0.3 is 9.05 Å². The van der Waals surface area contributed by atoms with E-state index in [4.69, 9.17) is 14.3 Å². The van der Waals surface area contributed by atoms with E-state index < -0.39 is 7.60 Å². The van der Waals surface area contributed by atoms with Crippen molar-refractivity contribution in [1.29, 1.82) is 5.26 Å². The molecule has 0 aromatic carbocycles. The third-order valence-corrected chi connectivity index (χ3v) is 2.75. The normalized spacial score (nSPS) is 10.1. The van der Waals surface area contributed by atoms with E-state index in [2.05, 4.69) is 0 Å². The van der Waals surface area contributed by atoms with E-state index >= 15 is 0 Å². The summed E-state index contributed by atoms with van der Waals surface area (Å²) < 4.78 is 21.0. The predicted octanol–water partition coefficient (Wildman–Crippen LogP) is 1.13. The van der Waals surface area contributed by atoms with Crippen LogP contribution in [0, 0.1) is 11.3 Å². The van der Waals surface area contributed by atoms with Gasteiger partial charge in [0.05, 0.1) is 19.3 Å². The summed E-state index contributed by atoms with van der Waals surface area (Å²) in [5.41, 5.74) is 0. The van der Waals surface area contributed by atoms with Crippen LogP contribution in [0.25, 0.3) is 0 Å². The molecule has 0 atom stereocenters. The molecule has 0 amide bonds. The van der Waals surface area contributed by atoms with Crippen molar-refractivity contribution in [3.63, 3.8) is 0 Å². The molecule has 0 radical (unpaired) electrons. The predicted molar refractivity (Wildman–Crippen MR) is 48.5 cm³/mol. The molecule has 0 heterocycles. The summed E-state index contributed by atoms with van der Waals surface area (Å²) in [5.74, 6) is 0. The van der Waals surface area contributed by atoms with Crippen LogP contribution in [-0.4, -0.2) is 48.9 Å². The molecule has 0 spiro atoms. The number of nitriles is 1. The zero-order chi connectivity index (χ0) is 8.74. The van der Waals surface area contributed by atoms with Crippen LogP contribution in [0.5, 0.6) is 0 Å². The molecule has 12 heavy (non-hydrogen) atoms. The van der Waals surface area contributed by atoms with Crippen molar-refractivity contribution >= 4 is 37.2 Å². The van der Waals surface area contributed by atoms with E-state index in [1.165, 1.54) is 0 Å². The van der Waals surface area contributed by atoms with Crippen molar-refractivity contribution in [1.82, 2.24) is 0 Å². The molecule has 0 saturated heterocycles. The average Bonchev–Trinajstić information content (AvgIpc) is 1.88. The van der Waals surface area contributed by atoms with Crippen LogP contribution in [-0.2, 0) is 13.6 Å². The molecule has 0 aromatic rings. The standard InChI is InChI=1S/C6H12NO3P.Na.H/c1-3-9-11(8,6-5-7)10-4-2;;/h3-4,6H2,1-2H3;;. The summed E-state index contributed by atoms with van der Waals surface area (Å²) in [5, 5.41) is 8.27. The average molecular weight is 201 g/mol. The second kappa shape index (κ2) is 8.25. The van der Waals surface area contributed by atoms with Crippen molar-refractivity contribution in [2.24, 2.45) is 0 Å². The number of nitrogens with zero attached hydrogens (tertiary/aromatic N) is 1. The first-order valence-electron chi connectivity index (χ1n) is 3.43. The summed E-state index contributed by atoms with van der Waals surface area (Å²) in [4.78, 5) is 0. The van der Waals surface area contributed by atoms with E-state index in [0.717, 1.165) is 0 Å². The van der Waals surface area contributed by atoms with Gasteiger partial charge in [-0.2, -0.15) is 5.26 Å². The van der Waals surface area contributed by atoms with Crippen molar-refractivity contribution < 1.29 is 13.6 Å². The fraction of sp³-hybridized carbons (Fsp3) is 0.833. The molecule has 0 fully saturated rings. The van der Waals surface area contributed by atoms with Gasteiger partial charge in [0, 0.05) is 0 Å². The Balaban J connectivity index is 0. The van der Waals surface area contributed by atoms with E-state index in [9.17, 15) is 4.57 Å². The van der Waals surface area contributed by atoms with Gasteiger partial charge in [-0.3, -0.25) is 4.57 Å². The molecule has 0 aromatic heterocycles. The molecule has 0 rings (SSSR count).